The first-order valence-corrected chi connectivity index (χ1v) is 8.70. The molecule has 2 aromatic carbocycles. The van der Waals surface area contributed by atoms with Crippen molar-refractivity contribution in [1.29, 1.82) is 0 Å². The minimum Gasteiger partial charge on any atom is -0.484 e. The number of anilines is 1. The van der Waals surface area contributed by atoms with E-state index in [1.807, 2.05) is 41.3 Å². The lowest BCUT2D eigenvalue weighted by Crippen LogP contribution is -2.50. The lowest BCUT2D eigenvalue weighted by atomic mass is 10.1. The number of fused-ring (bicyclic) bond motifs is 1. The second-order valence-electron chi connectivity index (χ2n) is 6.23. The third-order valence-corrected chi connectivity index (χ3v) is 4.59. The molecular formula is C20H20N4O2. The van der Waals surface area contributed by atoms with E-state index in [2.05, 4.69) is 20.9 Å². The summed E-state index contributed by atoms with van der Waals surface area (Å²) in [6.07, 6.45) is 5.10. The number of aromatic nitrogens is 2. The van der Waals surface area contributed by atoms with Gasteiger partial charge in [0.15, 0.2) is 6.61 Å². The van der Waals surface area contributed by atoms with Gasteiger partial charge in [0.25, 0.3) is 5.91 Å². The fourth-order valence-electron chi connectivity index (χ4n) is 3.13. The minimum absolute atomic E-state index is 0.0111. The molecule has 1 fully saturated rings. The van der Waals surface area contributed by atoms with Crippen molar-refractivity contribution in [3.05, 3.63) is 61.1 Å². The van der Waals surface area contributed by atoms with E-state index >= 15 is 0 Å². The Bertz CT molecular complexity index is 892. The summed E-state index contributed by atoms with van der Waals surface area (Å²) in [5.74, 6) is 1.58. The van der Waals surface area contributed by atoms with Crippen molar-refractivity contribution >= 4 is 22.5 Å². The summed E-state index contributed by atoms with van der Waals surface area (Å²) < 4.78 is 5.71. The maximum Gasteiger partial charge on any atom is 0.260 e. The van der Waals surface area contributed by atoms with Crippen LogP contribution < -0.4 is 9.64 Å². The van der Waals surface area contributed by atoms with Gasteiger partial charge in [0.1, 0.15) is 11.6 Å². The fourth-order valence-corrected chi connectivity index (χ4v) is 3.13. The van der Waals surface area contributed by atoms with Crippen LogP contribution in [-0.4, -0.2) is 53.6 Å². The van der Waals surface area contributed by atoms with Crippen LogP contribution in [-0.2, 0) is 4.79 Å². The molecule has 0 bridgehead atoms. The maximum atomic E-state index is 12.4. The highest BCUT2D eigenvalue weighted by molar-refractivity contribution is 5.84. The number of ether oxygens (including phenoxy) is 1. The van der Waals surface area contributed by atoms with Crippen molar-refractivity contribution in [2.24, 2.45) is 0 Å². The van der Waals surface area contributed by atoms with Crippen LogP contribution in [0.3, 0.4) is 0 Å². The molecule has 0 spiro atoms. The van der Waals surface area contributed by atoms with Crippen molar-refractivity contribution in [2.75, 3.05) is 37.7 Å². The molecule has 3 aromatic rings. The number of hydrogen-bond donors (Lipinski definition) is 0. The zero-order chi connectivity index (χ0) is 17.8. The Hall–Kier alpha value is -3.15. The SMILES string of the molecule is O=C(COc1ccc2ccccc2c1)N1CCN(c2cnccn2)CC1. The van der Waals surface area contributed by atoms with Crippen molar-refractivity contribution in [3.8, 4) is 5.75 Å². The second kappa shape index (κ2) is 7.39. The summed E-state index contributed by atoms with van der Waals surface area (Å²) in [7, 11) is 0. The quantitative estimate of drug-likeness (QED) is 0.724. The molecule has 0 radical (unpaired) electrons. The zero-order valence-electron chi connectivity index (χ0n) is 14.4. The van der Waals surface area contributed by atoms with Gasteiger partial charge in [0.2, 0.25) is 0 Å². The van der Waals surface area contributed by atoms with Gasteiger partial charge in [-0.3, -0.25) is 9.78 Å². The van der Waals surface area contributed by atoms with Crippen LogP contribution in [0.15, 0.2) is 61.1 Å². The summed E-state index contributed by atoms with van der Waals surface area (Å²) in [5.41, 5.74) is 0. The van der Waals surface area contributed by atoms with Gasteiger partial charge in [-0.25, -0.2) is 4.98 Å². The summed E-state index contributed by atoms with van der Waals surface area (Å²) in [5, 5.41) is 2.27. The molecular weight excluding hydrogens is 328 g/mol. The first-order valence-electron chi connectivity index (χ1n) is 8.70. The molecule has 0 unspecified atom stereocenters. The number of carbonyl (C=O) groups is 1. The largest absolute Gasteiger partial charge is 0.484 e. The zero-order valence-corrected chi connectivity index (χ0v) is 14.4. The molecule has 1 amide bonds. The van der Waals surface area contributed by atoms with Gasteiger partial charge in [-0.05, 0) is 22.9 Å². The van der Waals surface area contributed by atoms with E-state index in [1.165, 1.54) is 0 Å². The third-order valence-electron chi connectivity index (χ3n) is 4.59. The van der Waals surface area contributed by atoms with E-state index in [1.54, 1.807) is 18.6 Å². The van der Waals surface area contributed by atoms with E-state index in [9.17, 15) is 4.79 Å². The van der Waals surface area contributed by atoms with E-state index < -0.39 is 0 Å². The number of hydrogen-bond acceptors (Lipinski definition) is 5. The fraction of sp³-hybridized carbons (Fsp3) is 0.250. The Kier molecular flexibility index (Phi) is 4.64. The average Bonchev–Trinajstić information content (AvgIpc) is 2.72. The topological polar surface area (TPSA) is 58.6 Å². The van der Waals surface area contributed by atoms with Crippen LogP contribution in [0.4, 0.5) is 5.82 Å². The van der Waals surface area contributed by atoms with Crippen molar-refractivity contribution in [2.45, 2.75) is 0 Å². The van der Waals surface area contributed by atoms with Gasteiger partial charge < -0.3 is 14.5 Å². The number of nitrogens with zero attached hydrogens (tertiary/aromatic N) is 4. The molecule has 2 heterocycles. The normalized spacial score (nSPS) is 14.5. The molecule has 6 heteroatoms. The predicted molar refractivity (Wildman–Crippen MR) is 100 cm³/mol. The molecule has 26 heavy (non-hydrogen) atoms. The lowest BCUT2D eigenvalue weighted by molar-refractivity contribution is -0.133. The molecule has 0 N–H and O–H groups in total. The number of benzene rings is 2. The smallest absolute Gasteiger partial charge is 0.260 e. The standard InChI is InChI=1S/C20H20N4O2/c25-20(15-26-18-6-5-16-3-1-2-4-17(16)13-18)24-11-9-23(10-12-24)19-14-21-7-8-22-19/h1-8,13-14H,9-12,15H2. The van der Waals surface area contributed by atoms with Gasteiger partial charge in [-0.1, -0.05) is 30.3 Å². The molecule has 0 aliphatic carbocycles. The van der Waals surface area contributed by atoms with Crippen LogP contribution in [0.1, 0.15) is 0 Å². The van der Waals surface area contributed by atoms with Crippen LogP contribution in [0, 0.1) is 0 Å². The van der Waals surface area contributed by atoms with Gasteiger partial charge in [0.05, 0.1) is 6.20 Å². The Morgan fingerprint density at radius 3 is 2.58 bits per heavy atom. The van der Waals surface area contributed by atoms with E-state index in [0.29, 0.717) is 13.1 Å². The van der Waals surface area contributed by atoms with Gasteiger partial charge in [-0.2, -0.15) is 0 Å². The molecule has 4 rings (SSSR count). The first kappa shape index (κ1) is 16.3. The van der Waals surface area contributed by atoms with Crippen LogP contribution in [0.2, 0.25) is 0 Å². The second-order valence-corrected chi connectivity index (χ2v) is 6.23. The number of piperazine rings is 1. The summed E-state index contributed by atoms with van der Waals surface area (Å²) >= 11 is 0. The highest BCUT2D eigenvalue weighted by atomic mass is 16.5. The van der Waals surface area contributed by atoms with Crippen molar-refractivity contribution < 1.29 is 9.53 Å². The number of amides is 1. The molecule has 1 aliphatic rings. The summed E-state index contributed by atoms with van der Waals surface area (Å²) in [4.78, 5) is 24.8. The third kappa shape index (κ3) is 3.59. The Morgan fingerprint density at radius 1 is 1.00 bits per heavy atom. The number of rotatable bonds is 4. The van der Waals surface area contributed by atoms with Gasteiger partial charge in [0, 0.05) is 38.6 Å². The molecule has 1 saturated heterocycles. The van der Waals surface area contributed by atoms with E-state index in [4.69, 9.17) is 4.74 Å². The maximum absolute atomic E-state index is 12.4. The first-order chi connectivity index (χ1) is 12.8. The minimum atomic E-state index is 0.0111. The lowest BCUT2D eigenvalue weighted by Gasteiger charge is -2.35. The van der Waals surface area contributed by atoms with Crippen molar-refractivity contribution in [3.63, 3.8) is 0 Å². The molecule has 132 valence electrons. The van der Waals surface area contributed by atoms with E-state index in [-0.39, 0.29) is 12.5 Å². The molecule has 0 saturated carbocycles. The summed E-state index contributed by atoms with van der Waals surface area (Å²) in [6, 6.07) is 14.0. The highest BCUT2D eigenvalue weighted by Gasteiger charge is 2.22. The Labute approximate surface area is 152 Å². The van der Waals surface area contributed by atoms with Crippen LogP contribution in [0.5, 0.6) is 5.75 Å². The Morgan fingerprint density at radius 2 is 1.81 bits per heavy atom. The monoisotopic (exact) mass is 348 g/mol. The Balaban J connectivity index is 1.31. The predicted octanol–water partition coefficient (Wildman–Crippen LogP) is 2.36. The van der Waals surface area contributed by atoms with E-state index in [0.717, 1.165) is 35.4 Å². The molecule has 0 atom stereocenters. The van der Waals surface area contributed by atoms with Crippen LogP contribution >= 0.6 is 0 Å². The number of carbonyl (C=O) groups excluding carboxylic acids is 1. The average molecular weight is 348 g/mol. The van der Waals surface area contributed by atoms with Crippen molar-refractivity contribution in [1.82, 2.24) is 14.9 Å². The van der Waals surface area contributed by atoms with Gasteiger partial charge >= 0.3 is 0 Å². The molecule has 1 aromatic heterocycles. The highest BCUT2D eigenvalue weighted by Crippen LogP contribution is 2.20. The molecule has 1 aliphatic heterocycles. The summed E-state index contributed by atoms with van der Waals surface area (Å²) in [6.45, 7) is 2.89. The van der Waals surface area contributed by atoms with Crippen LogP contribution in [0.25, 0.3) is 10.8 Å². The molecule has 6 nitrogen and oxygen atoms in total. The van der Waals surface area contributed by atoms with Gasteiger partial charge in [-0.15, -0.1) is 0 Å².